The molecule has 0 amide bonds. The number of non-ortho nitro benzene ring substituents is 1. The van der Waals surface area contributed by atoms with Gasteiger partial charge in [0, 0.05) is 29.8 Å². The standard InChI is InChI=1S/C16H15N5O3S/c1-25-16-18-15-17-11-6-3-7-12(22)13(11)14(20(15)19-16)9-4-2-5-10(8-9)21(23)24/h2,4-5,8,14H,3,6-7H2,1H3,(H,17,18,19)/t14-/m1/s1. The monoisotopic (exact) mass is 357 g/mol. The number of benzene rings is 1. The first-order chi connectivity index (χ1) is 12.1. The Labute approximate surface area is 147 Å². The van der Waals surface area contributed by atoms with Crippen molar-refractivity contribution in [3.8, 4) is 0 Å². The molecule has 2 aliphatic rings. The fourth-order valence-corrected chi connectivity index (χ4v) is 3.69. The Balaban J connectivity index is 1.91. The third kappa shape index (κ3) is 2.60. The molecule has 25 heavy (non-hydrogen) atoms. The van der Waals surface area contributed by atoms with Crippen LogP contribution in [0.15, 0.2) is 40.7 Å². The van der Waals surface area contributed by atoms with Crippen LogP contribution in [-0.2, 0) is 4.79 Å². The molecule has 1 aromatic heterocycles. The highest BCUT2D eigenvalue weighted by molar-refractivity contribution is 7.98. The van der Waals surface area contributed by atoms with E-state index in [1.54, 1.807) is 16.8 Å². The van der Waals surface area contributed by atoms with E-state index in [9.17, 15) is 14.9 Å². The van der Waals surface area contributed by atoms with Crippen LogP contribution in [0.1, 0.15) is 30.9 Å². The lowest BCUT2D eigenvalue weighted by Crippen LogP contribution is -2.31. The molecule has 0 unspecified atom stereocenters. The number of nitrogens with one attached hydrogen (secondary N) is 1. The van der Waals surface area contributed by atoms with Crippen LogP contribution in [0.2, 0.25) is 0 Å². The summed E-state index contributed by atoms with van der Waals surface area (Å²) in [5.41, 5.74) is 2.14. The third-order valence-electron chi connectivity index (χ3n) is 4.43. The molecule has 0 bridgehead atoms. The molecular weight excluding hydrogens is 342 g/mol. The van der Waals surface area contributed by atoms with Crippen molar-refractivity contribution in [2.75, 3.05) is 11.6 Å². The van der Waals surface area contributed by atoms with Gasteiger partial charge in [-0.15, -0.1) is 5.10 Å². The summed E-state index contributed by atoms with van der Waals surface area (Å²) in [5.74, 6) is 0.617. The van der Waals surface area contributed by atoms with E-state index >= 15 is 0 Å². The first-order valence-corrected chi connectivity index (χ1v) is 9.09. The minimum atomic E-state index is -0.493. The summed E-state index contributed by atoms with van der Waals surface area (Å²) in [5, 5.41) is 19.4. The van der Waals surface area contributed by atoms with E-state index in [4.69, 9.17) is 0 Å². The van der Waals surface area contributed by atoms with Crippen LogP contribution in [-0.4, -0.2) is 31.7 Å². The Kier molecular flexibility index (Phi) is 3.79. The lowest BCUT2D eigenvalue weighted by molar-refractivity contribution is -0.384. The molecule has 1 aliphatic carbocycles. The van der Waals surface area contributed by atoms with Crippen LogP contribution in [0.25, 0.3) is 0 Å². The summed E-state index contributed by atoms with van der Waals surface area (Å²) in [6.45, 7) is 0. The molecule has 2 aromatic rings. The van der Waals surface area contributed by atoms with Crippen LogP contribution in [0.4, 0.5) is 11.6 Å². The van der Waals surface area contributed by atoms with E-state index in [1.165, 1.54) is 23.9 Å². The molecule has 9 heteroatoms. The van der Waals surface area contributed by atoms with Crippen molar-refractivity contribution in [3.05, 3.63) is 51.2 Å². The number of anilines is 1. The number of carbonyl (C=O) groups is 1. The summed E-state index contributed by atoms with van der Waals surface area (Å²) in [6, 6.07) is 5.88. The maximum absolute atomic E-state index is 12.6. The van der Waals surface area contributed by atoms with Crippen molar-refractivity contribution in [1.29, 1.82) is 0 Å². The van der Waals surface area contributed by atoms with Gasteiger partial charge in [0.1, 0.15) is 6.04 Å². The molecule has 1 aliphatic heterocycles. The number of rotatable bonds is 3. The zero-order valence-electron chi connectivity index (χ0n) is 13.4. The number of nitro groups is 1. The van der Waals surface area contributed by atoms with E-state index in [0.29, 0.717) is 28.7 Å². The lowest BCUT2D eigenvalue weighted by atomic mass is 9.85. The number of hydrogen-bond acceptors (Lipinski definition) is 7. The first-order valence-electron chi connectivity index (χ1n) is 7.86. The summed E-state index contributed by atoms with van der Waals surface area (Å²) >= 11 is 1.41. The van der Waals surface area contributed by atoms with Crippen molar-refractivity contribution in [2.45, 2.75) is 30.5 Å². The topological polar surface area (TPSA) is 103 Å². The van der Waals surface area contributed by atoms with Gasteiger partial charge in [-0.3, -0.25) is 14.9 Å². The Morgan fingerprint density at radius 2 is 2.24 bits per heavy atom. The number of fused-ring (bicyclic) bond motifs is 1. The number of carbonyl (C=O) groups excluding carboxylic acids is 1. The van der Waals surface area contributed by atoms with Crippen LogP contribution >= 0.6 is 11.8 Å². The van der Waals surface area contributed by atoms with Crippen LogP contribution < -0.4 is 5.32 Å². The summed E-state index contributed by atoms with van der Waals surface area (Å²) < 4.78 is 1.66. The molecule has 0 fully saturated rings. The highest BCUT2D eigenvalue weighted by atomic mass is 32.2. The van der Waals surface area contributed by atoms with Gasteiger partial charge in [-0.25, -0.2) is 4.68 Å². The number of Topliss-reactive ketones (excluding diaryl/α,β-unsaturated/α-hetero) is 1. The minimum absolute atomic E-state index is 0.00630. The lowest BCUT2D eigenvalue weighted by Gasteiger charge is -2.32. The zero-order valence-corrected chi connectivity index (χ0v) is 14.2. The number of thioether (sulfide) groups is 1. The second-order valence-corrected chi connectivity index (χ2v) is 6.69. The van der Waals surface area contributed by atoms with E-state index in [0.717, 1.165) is 18.5 Å². The van der Waals surface area contributed by atoms with Gasteiger partial charge >= 0.3 is 0 Å². The molecule has 0 radical (unpaired) electrons. The second-order valence-electron chi connectivity index (χ2n) is 5.92. The summed E-state index contributed by atoms with van der Waals surface area (Å²) in [4.78, 5) is 27.8. The maximum atomic E-state index is 12.6. The van der Waals surface area contributed by atoms with Crippen molar-refractivity contribution in [3.63, 3.8) is 0 Å². The molecule has 1 atom stereocenters. The van der Waals surface area contributed by atoms with Gasteiger partial charge in [0.15, 0.2) is 5.78 Å². The zero-order chi connectivity index (χ0) is 17.6. The van der Waals surface area contributed by atoms with E-state index in [1.807, 2.05) is 6.26 Å². The van der Waals surface area contributed by atoms with Gasteiger partial charge in [0.25, 0.3) is 5.69 Å². The maximum Gasteiger partial charge on any atom is 0.269 e. The van der Waals surface area contributed by atoms with Gasteiger partial charge in [-0.1, -0.05) is 23.9 Å². The Morgan fingerprint density at radius 3 is 3.00 bits per heavy atom. The van der Waals surface area contributed by atoms with Crippen molar-refractivity contribution >= 4 is 29.2 Å². The van der Waals surface area contributed by atoms with Gasteiger partial charge in [0.05, 0.1) is 4.92 Å². The molecule has 1 aromatic carbocycles. The molecule has 1 N–H and O–H groups in total. The fourth-order valence-electron chi connectivity index (χ4n) is 3.34. The molecule has 8 nitrogen and oxygen atoms in total. The normalized spacial score (nSPS) is 19.2. The average Bonchev–Trinajstić information content (AvgIpc) is 3.03. The van der Waals surface area contributed by atoms with Crippen LogP contribution in [0.5, 0.6) is 0 Å². The predicted octanol–water partition coefficient (Wildman–Crippen LogP) is 2.93. The fraction of sp³-hybridized carbons (Fsp3) is 0.312. The molecule has 2 heterocycles. The number of allylic oxidation sites excluding steroid dienone is 2. The van der Waals surface area contributed by atoms with Gasteiger partial charge in [-0.05, 0) is 24.7 Å². The van der Waals surface area contributed by atoms with Crippen molar-refractivity contribution in [2.24, 2.45) is 0 Å². The molecule has 0 saturated heterocycles. The van der Waals surface area contributed by atoms with Crippen molar-refractivity contribution in [1.82, 2.24) is 14.8 Å². The highest BCUT2D eigenvalue weighted by Crippen LogP contribution is 2.40. The number of ketones is 1. The van der Waals surface area contributed by atoms with Crippen LogP contribution in [0.3, 0.4) is 0 Å². The first kappa shape index (κ1) is 15.8. The van der Waals surface area contributed by atoms with E-state index in [-0.39, 0.29) is 11.5 Å². The summed E-state index contributed by atoms with van der Waals surface area (Å²) in [6.07, 6.45) is 3.90. The molecule has 4 rings (SSSR count). The van der Waals surface area contributed by atoms with Crippen molar-refractivity contribution < 1.29 is 9.72 Å². The average molecular weight is 357 g/mol. The number of nitro benzene ring substituents is 1. The molecule has 128 valence electrons. The molecule has 0 spiro atoms. The summed E-state index contributed by atoms with van der Waals surface area (Å²) in [7, 11) is 0. The van der Waals surface area contributed by atoms with E-state index < -0.39 is 11.0 Å². The quantitative estimate of drug-likeness (QED) is 0.512. The van der Waals surface area contributed by atoms with E-state index in [2.05, 4.69) is 15.4 Å². The third-order valence-corrected chi connectivity index (χ3v) is 4.97. The van der Waals surface area contributed by atoms with Gasteiger partial charge in [-0.2, -0.15) is 4.98 Å². The smallest absolute Gasteiger partial charge is 0.269 e. The molecular formula is C16H15N5O3S. The van der Waals surface area contributed by atoms with Crippen LogP contribution in [0, 0.1) is 10.1 Å². The second kappa shape index (κ2) is 5.99. The number of hydrogen-bond donors (Lipinski definition) is 1. The largest absolute Gasteiger partial charge is 0.328 e. The SMILES string of the molecule is CSc1nc2n(n1)[C@H](c1cccc([N+](=O)[O-])c1)C1=C(CCCC1=O)N2. The van der Waals surface area contributed by atoms with Gasteiger partial charge in [0.2, 0.25) is 11.1 Å². The number of nitrogens with zero attached hydrogens (tertiary/aromatic N) is 4. The number of aromatic nitrogens is 3. The van der Waals surface area contributed by atoms with Gasteiger partial charge < -0.3 is 5.32 Å². The Bertz CT molecular complexity index is 920. The minimum Gasteiger partial charge on any atom is -0.328 e. The predicted molar refractivity (Wildman–Crippen MR) is 92.5 cm³/mol. The highest BCUT2D eigenvalue weighted by Gasteiger charge is 2.37. The molecule has 0 saturated carbocycles. The Hall–Kier alpha value is -2.68. The Morgan fingerprint density at radius 1 is 1.40 bits per heavy atom.